The van der Waals surface area contributed by atoms with Crippen LogP contribution in [0.25, 0.3) is 5.57 Å². The van der Waals surface area contributed by atoms with Gasteiger partial charge < -0.3 is 20.5 Å². The summed E-state index contributed by atoms with van der Waals surface area (Å²) in [7, 11) is 1.39. The number of allylic oxidation sites excluding steroid dienone is 2. The van der Waals surface area contributed by atoms with Crippen LogP contribution in [-0.2, 0) is 9.53 Å². The number of nitrogens with zero attached hydrogens (tertiary/aromatic N) is 2. The largest absolute Gasteiger partial charge is 0.494 e. The molecule has 9 nitrogen and oxygen atoms in total. The third-order valence-electron chi connectivity index (χ3n) is 4.27. The van der Waals surface area contributed by atoms with Gasteiger partial charge in [-0.15, -0.1) is 0 Å². The average molecular weight is 382 g/mol. The Morgan fingerprint density at radius 2 is 1.96 bits per heavy atom. The highest BCUT2D eigenvalue weighted by Gasteiger charge is 2.35. The summed E-state index contributed by atoms with van der Waals surface area (Å²) in [6.45, 7) is 1.60. The number of carbonyl (C=O) groups is 1. The minimum atomic E-state index is -1.24. The molecule has 1 aliphatic rings. The molecule has 1 atom stereocenters. The number of pyridine rings is 1. The Labute approximate surface area is 160 Å². The van der Waals surface area contributed by atoms with E-state index >= 15 is 0 Å². The molecular formula is C19H18N4O5. The van der Waals surface area contributed by atoms with E-state index in [-0.39, 0.29) is 17.0 Å². The molecule has 3 rings (SSSR count). The van der Waals surface area contributed by atoms with Gasteiger partial charge in [-0.2, -0.15) is 0 Å². The van der Waals surface area contributed by atoms with E-state index in [1.807, 2.05) is 0 Å². The summed E-state index contributed by atoms with van der Waals surface area (Å²) < 4.78 is 5.47. The van der Waals surface area contributed by atoms with Gasteiger partial charge in [0.2, 0.25) is 0 Å². The molecule has 0 fully saturated rings. The van der Waals surface area contributed by atoms with E-state index in [0.29, 0.717) is 22.5 Å². The number of benzene rings is 1. The number of hydrogen-bond acceptors (Lipinski definition) is 7. The highest BCUT2D eigenvalue weighted by Crippen LogP contribution is 2.37. The smallest absolute Gasteiger partial charge is 0.353 e. The van der Waals surface area contributed by atoms with Gasteiger partial charge in [-0.1, -0.05) is 18.2 Å². The standard InChI is InChI=1S/C19H18N4O5/c1-11-17(28-2)15(16(19(24)25)22-12-7-9-20-10-8-12)13-5-3-4-6-14(13)18(21-11)23(26)27/h3-10,18,21H,1-2H3,(H,20,22)(H,24,25)/b16-15-. The molecule has 1 aromatic carbocycles. The van der Waals surface area contributed by atoms with Crippen molar-refractivity contribution < 1.29 is 19.6 Å². The number of aliphatic carboxylic acids is 1. The lowest BCUT2D eigenvalue weighted by molar-refractivity contribution is -0.534. The predicted molar refractivity (Wildman–Crippen MR) is 101 cm³/mol. The number of nitro groups is 1. The number of hydrogen-bond donors (Lipinski definition) is 3. The van der Waals surface area contributed by atoms with Crippen LogP contribution >= 0.6 is 0 Å². The quantitative estimate of drug-likeness (QED) is 0.409. The van der Waals surface area contributed by atoms with E-state index in [1.54, 1.807) is 43.3 Å². The fourth-order valence-electron chi connectivity index (χ4n) is 3.09. The number of fused-ring (bicyclic) bond motifs is 1. The molecule has 2 aromatic rings. The molecule has 0 bridgehead atoms. The summed E-state index contributed by atoms with van der Waals surface area (Å²) in [6.07, 6.45) is 1.81. The summed E-state index contributed by atoms with van der Waals surface area (Å²) in [6, 6.07) is 9.82. The maximum absolute atomic E-state index is 12.1. The van der Waals surface area contributed by atoms with Crippen molar-refractivity contribution in [1.82, 2.24) is 10.3 Å². The molecule has 1 aromatic heterocycles. The lowest BCUT2D eigenvalue weighted by atomic mass is 9.95. The van der Waals surface area contributed by atoms with Gasteiger partial charge in [0.1, 0.15) is 11.5 Å². The zero-order chi connectivity index (χ0) is 20.3. The van der Waals surface area contributed by atoms with E-state index in [9.17, 15) is 20.0 Å². The van der Waals surface area contributed by atoms with E-state index in [0.717, 1.165) is 0 Å². The van der Waals surface area contributed by atoms with E-state index in [2.05, 4.69) is 15.6 Å². The SMILES string of the molecule is COC1=C(C)NC([N+](=O)[O-])c2ccccc2/C1=C(/Nc1ccncc1)C(=O)O. The summed E-state index contributed by atoms with van der Waals surface area (Å²) in [5.74, 6) is -1.03. The number of carboxylic acids is 1. The third kappa shape index (κ3) is 3.50. The van der Waals surface area contributed by atoms with Crippen LogP contribution in [0.2, 0.25) is 0 Å². The molecule has 0 radical (unpaired) electrons. The first-order valence-corrected chi connectivity index (χ1v) is 8.33. The van der Waals surface area contributed by atoms with Crippen LogP contribution in [0.4, 0.5) is 5.69 Å². The second kappa shape index (κ2) is 7.78. The van der Waals surface area contributed by atoms with E-state index in [1.165, 1.54) is 19.5 Å². The molecule has 1 aliphatic heterocycles. The number of methoxy groups -OCH3 is 1. The Morgan fingerprint density at radius 1 is 1.29 bits per heavy atom. The Hall–Kier alpha value is -3.88. The van der Waals surface area contributed by atoms with Crippen LogP contribution in [0, 0.1) is 10.1 Å². The molecule has 0 amide bonds. The number of anilines is 1. The summed E-state index contributed by atoms with van der Waals surface area (Å²) >= 11 is 0. The topological polar surface area (TPSA) is 127 Å². The maximum atomic E-state index is 12.1. The minimum Gasteiger partial charge on any atom is -0.494 e. The molecular weight excluding hydrogens is 364 g/mol. The van der Waals surface area contributed by atoms with Crippen molar-refractivity contribution in [2.24, 2.45) is 0 Å². The number of aromatic nitrogens is 1. The van der Waals surface area contributed by atoms with Gasteiger partial charge in [0.25, 0.3) is 0 Å². The van der Waals surface area contributed by atoms with E-state index in [4.69, 9.17) is 4.74 Å². The van der Waals surface area contributed by atoms with Crippen LogP contribution in [0.5, 0.6) is 0 Å². The van der Waals surface area contributed by atoms with Crippen molar-refractivity contribution in [3.8, 4) is 0 Å². The van der Waals surface area contributed by atoms with Crippen molar-refractivity contribution in [1.29, 1.82) is 0 Å². The molecule has 28 heavy (non-hydrogen) atoms. The zero-order valence-corrected chi connectivity index (χ0v) is 15.2. The van der Waals surface area contributed by atoms with Gasteiger partial charge in [0.05, 0.1) is 28.9 Å². The highest BCUT2D eigenvalue weighted by molar-refractivity contribution is 6.03. The summed E-state index contributed by atoms with van der Waals surface area (Å²) in [5, 5.41) is 27.2. The molecule has 0 spiro atoms. The van der Waals surface area contributed by atoms with Crippen molar-refractivity contribution in [3.63, 3.8) is 0 Å². The number of ether oxygens (including phenoxy) is 1. The van der Waals surface area contributed by atoms with Crippen LogP contribution in [-0.4, -0.2) is 28.1 Å². The maximum Gasteiger partial charge on any atom is 0.353 e. The predicted octanol–water partition coefficient (Wildman–Crippen LogP) is 2.75. The molecule has 0 saturated carbocycles. The Balaban J connectivity index is 2.33. The fourth-order valence-corrected chi connectivity index (χ4v) is 3.09. The van der Waals surface area contributed by atoms with Gasteiger partial charge in [0, 0.05) is 18.1 Å². The number of carboxylic acid groups (broad SMARTS) is 1. The molecule has 0 aliphatic carbocycles. The lowest BCUT2D eigenvalue weighted by Crippen LogP contribution is -2.26. The van der Waals surface area contributed by atoms with Crippen molar-refractivity contribution in [3.05, 3.63) is 87.2 Å². The lowest BCUT2D eigenvalue weighted by Gasteiger charge is -2.17. The second-order valence-electron chi connectivity index (χ2n) is 5.99. The molecule has 9 heteroatoms. The van der Waals surface area contributed by atoms with Crippen molar-refractivity contribution >= 4 is 17.2 Å². The Bertz CT molecular complexity index is 985. The fraction of sp³-hybridized carbons (Fsp3) is 0.158. The van der Waals surface area contributed by atoms with Crippen LogP contribution in [0.1, 0.15) is 24.2 Å². The van der Waals surface area contributed by atoms with Gasteiger partial charge in [-0.25, -0.2) is 4.79 Å². The number of rotatable bonds is 5. The molecule has 3 N–H and O–H groups in total. The third-order valence-corrected chi connectivity index (χ3v) is 4.27. The Kier molecular flexibility index (Phi) is 5.25. The van der Waals surface area contributed by atoms with Crippen LogP contribution < -0.4 is 10.6 Å². The van der Waals surface area contributed by atoms with E-state index < -0.39 is 17.1 Å². The van der Waals surface area contributed by atoms with Crippen molar-refractivity contribution in [2.75, 3.05) is 12.4 Å². The van der Waals surface area contributed by atoms with Gasteiger partial charge >= 0.3 is 12.1 Å². The molecule has 0 saturated heterocycles. The first-order valence-electron chi connectivity index (χ1n) is 8.33. The zero-order valence-electron chi connectivity index (χ0n) is 15.2. The van der Waals surface area contributed by atoms with Crippen LogP contribution in [0.3, 0.4) is 0 Å². The normalized spacial score (nSPS) is 17.7. The van der Waals surface area contributed by atoms with Crippen molar-refractivity contribution in [2.45, 2.75) is 13.1 Å². The average Bonchev–Trinajstić information content (AvgIpc) is 2.81. The first kappa shape index (κ1) is 18.9. The summed E-state index contributed by atoms with van der Waals surface area (Å²) in [4.78, 5) is 27.2. The van der Waals surface area contributed by atoms with Crippen LogP contribution in [0.15, 0.2) is 65.9 Å². The van der Waals surface area contributed by atoms with Gasteiger partial charge in [-0.3, -0.25) is 15.1 Å². The second-order valence-corrected chi connectivity index (χ2v) is 5.99. The summed E-state index contributed by atoms with van der Waals surface area (Å²) in [5.41, 5.74) is 1.64. The monoisotopic (exact) mass is 382 g/mol. The van der Waals surface area contributed by atoms with Gasteiger partial charge in [-0.05, 0) is 30.7 Å². The highest BCUT2D eigenvalue weighted by atomic mass is 16.6. The van der Waals surface area contributed by atoms with Gasteiger partial charge in [0.15, 0.2) is 0 Å². The Morgan fingerprint density at radius 3 is 2.57 bits per heavy atom. The first-order chi connectivity index (χ1) is 13.4. The molecule has 2 heterocycles. The molecule has 144 valence electrons. The number of nitrogens with one attached hydrogen (secondary N) is 2. The molecule has 1 unspecified atom stereocenters. The minimum absolute atomic E-state index is 0.166.